The number of hydrogen-bond acceptors (Lipinski definition) is 10. The van der Waals surface area contributed by atoms with Gasteiger partial charge in [-0.3, -0.25) is 0 Å². The van der Waals surface area contributed by atoms with E-state index >= 15 is 0 Å². The van der Waals surface area contributed by atoms with E-state index in [4.69, 9.17) is 18.9 Å². The van der Waals surface area contributed by atoms with Gasteiger partial charge in [0.05, 0.1) is 24.7 Å². The van der Waals surface area contributed by atoms with Crippen molar-refractivity contribution in [3.05, 3.63) is 135 Å². The van der Waals surface area contributed by atoms with Gasteiger partial charge < -0.3 is 38.5 Å². The standard InChI is InChI=1S/C44H32B2N8O4/c1-49-17-19-51(25-49)27-5-9-35-31(21-27)45-33-23-29(53-15-3-13-47-53)7-11-37(33)57-43-39(45)41(55-35)42-40-44(43)58-38-12-8-30(54-16-4-14-48-54)24-34(38)46(40)32-22-28(6-10-36(32)56-42)52-20-18-50(2)26-52/h3-24H,25-26H2,1-2H3. The summed E-state index contributed by atoms with van der Waals surface area (Å²) in [5, 5.41) is 9.12. The zero-order valence-corrected chi connectivity index (χ0v) is 31.5. The van der Waals surface area contributed by atoms with E-state index in [0.29, 0.717) is 23.0 Å². The fourth-order valence-corrected chi connectivity index (χ4v) is 9.32. The molecular formula is C44H32B2N8O4. The van der Waals surface area contributed by atoms with Crippen LogP contribution in [0.15, 0.2) is 135 Å². The molecule has 0 spiro atoms. The molecule has 278 valence electrons. The first-order valence-electron chi connectivity index (χ1n) is 19.3. The van der Waals surface area contributed by atoms with Gasteiger partial charge in [0.2, 0.25) is 0 Å². The first-order valence-corrected chi connectivity index (χ1v) is 19.3. The third-order valence-corrected chi connectivity index (χ3v) is 12.0. The number of nitrogens with zero attached hydrogens (tertiary/aromatic N) is 8. The number of hydrogen-bond donors (Lipinski definition) is 0. The molecule has 0 amide bonds. The third kappa shape index (κ3) is 4.47. The van der Waals surface area contributed by atoms with Crippen molar-refractivity contribution in [2.24, 2.45) is 0 Å². The Morgan fingerprint density at radius 3 is 1.16 bits per heavy atom. The van der Waals surface area contributed by atoms with Crippen LogP contribution in [0.5, 0.6) is 46.0 Å². The van der Waals surface area contributed by atoms with Crippen molar-refractivity contribution in [2.75, 3.05) is 37.2 Å². The Morgan fingerprint density at radius 1 is 0.466 bits per heavy atom. The van der Waals surface area contributed by atoms with E-state index in [0.717, 1.165) is 91.9 Å². The lowest BCUT2D eigenvalue weighted by Crippen LogP contribution is -2.61. The Bertz CT molecular complexity index is 2740. The number of aromatic nitrogens is 4. The molecule has 0 atom stereocenters. The molecule has 13 rings (SSSR count). The van der Waals surface area contributed by atoms with Crippen LogP contribution in [0.1, 0.15) is 0 Å². The summed E-state index contributed by atoms with van der Waals surface area (Å²) in [5.74, 6) is 5.56. The minimum atomic E-state index is -0.268. The maximum absolute atomic E-state index is 7.09. The van der Waals surface area contributed by atoms with Crippen LogP contribution in [0.3, 0.4) is 0 Å². The molecular weight excluding hydrogens is 726 g/mol. The van der Waals surface area contributed by atoms with Crippen LogP contribution in [-0.4, -0.2) is 70.2 Å². The Balaban J connectivity index is 1.06. The van der Waals surface area contributed by atoms with Crippen LogP contribution in [0, 0.1) is 0 Å². The van der Waals surface area contributed by atoms with Gasteiger partial charge in [-0.1, -0.05) is 0 Å². The van der Waals surface area contributed by atoms with E-state index in [-0.39, 0.29) is 13.4 Å². The minimum Gasteiger partial charge on any atom is -0.454 e. The van der Waals surface area contributed by atoms with E-state index < -0.39 is 0 Å². The van der Waals surface area contributed by atoms with Crippen molar-refractivity contribution >= 4 is 57.6 Å². The van der Waals surface area contributed by atoms with Crippen molar-refractivity contribution in [3.8, 4) is 57.4 Å². The van der Waals surface area contributed by atoms with E-state index in [9.17, 15) is 0 Å². The second-order valence-corrected chi connectivity index (χ2v) is 15.5. The molecule has 2 aromatic heterocycles. The lowest BCUT2D eigenvalue weighted by molar-refractivity contribution is 0.396. The fraction of sp³-hybridized carbons (Fsp3) is 0.0909. The smallest absolute Gasteiger partial charge is 0.261 e. The van der Waals surface area contributed by atoms with E-state index in [1.807, 2.05) is 58.2 Å². The van der Waals surface area contributed by atoms with Gasteiger partial charge in [-0.2, -0.15) is 10.2 Å². The zero-order valence-electron chi connectivity index (χ0n) is 31.5. The van der Waals surface area contributed by atoms with Gasteiger partial charge in [0, 0.05) is 86.0 Å². The van der Waals surface area contributed by atoms with Crippen molar-refractivity contribution in [1.29, 1.82) is 0 Å². The second-order valence-electron chi connectivity index (χ2n) is 15.5. The Morgan fingerprint density at radius 2 is 0.828 bits per heavy atom. The monoisotopic (exact) mass is 758 g/mol. The molecule has 0 radical (unpaired) electrons. The highest BCUT2D eigenvalue weighted by molar-refractivity contribution is 7.00. The van der Waals surface area contributed by atoms with Gasteiger partial charge in [-0.05, 0) is 107 Å². The highest BCUT2D eigenvalue weighted by atomic mass is 16.5. The summed E-state index contributed by atoms with van der Waals surface area (Å²) in [6, 6.07) is 29.3. The summed E-state index contributed by atoms with van der Waals surface area (Å²) in [5.41, 5.74) is 9.83. The molecule has 8 heterocycles. The Hall–Kier alpha value is -7.47. The second kappa shape index (κ2) is 11.5. The molecule has 0 N–H and O–H groups in total. The summed E-state index contributed by atoms with van der Waals surface area (Å²) >= 11 is 0. The van der Waals surface area contributed by atoms with Crippen LogP contribution in [-0.2, 0) is 0 Å². The molecule has 12 nitrogen and oxygen atoms in total. The number of anilines is 2. The van der Waals surface area contributed by atoms with Crippen LogP contribution in [0.2, 0.25) is 0 Å². The van der Waals surface area contributed by atoms with E-state index in [1.165, 1.54) is 0 Å². The summed E-state index contributed by atoms with van der Waals surface area (Å²) in [4.78, 5) is 8.78. The normalized spacial score (nSPS) is 15.8. The maximum Gasteiger partial charge on any atom is 0.261 e. The van der Waals surface area contributed by atoms with Gasteiger partial charge in [-0.25, -0.2) is 9.36 Å². The first-order chi connectivity index (χ1) is 28.5. The maximum atomic E-state index is 7.09. The minimum absolute atomic E-state index is 0.268. The van der Waals surface area contributed by atoms with Gasteiger partial charge in [0.25, 0.3) is 13.4 Å². The average molecular weight is 758 g/mol. The lowest BCUT2D eigenvalue weighted by Gasteiger charge is -2.40. The third-order valence-electron chi connectivity index (χ3n) is 12.0. The van der Waals surface area contributed by atoms with Crippen LogP contribution >= 0.6 is 0 Å². The molecule has 0 unspecified atom stereocenters. The van der Waals surface area contributed by atoms with Crippen LogP contribution < -0.4 is 61.5 Å². The van der Waals surface area contributed by atoms with Crippen LogP contribution in [0.4, 0.5) is 11.4 Å². The highest BCUT2D eigenvalue weighted by Crippen LogP contribution is 2.50. The van der Waals surface area contributed by atoms with E-state index in [2.05, 4.69) is 117 Å². The van der Waals surface area contributed by atoms with Crippen molar-refractivity contribution in [3.63, 3.8) is 0 Å². The van der Waals surface area contributed by atoms with Gasteiger partial charge in [0.1, 0.15) is 23.0 Å². The Labute approximate surface area is 334 Å². The Kier molecular flexibility index (Phi) is 6.31. The van der Waals surface area contributed by atoms with E-state index in [1.54, 1.807) is 12.4 Å². The number of rotatable bonds is 4. The molecule has 58 heavy (non-hydrogen) atoms. The molecule has 6 aliphatic heterocycles. The summed E-state index contributed by atoms with van der Waals surface area (Å²) in [7, 11) is 4.15. The van der Waals surface area contributed by atoms with Crippen molar-refractivity contribution < 1.29 is 18.9 Å². The molecule has 5 aromatic carbocycles. The molecule has 0 fully saturated rings. The first kappa shape index (κ1) is 31.7. The zero-order chi connectivity index (χ0) is 38.2. The van der Waals surface area contributed by atoms with Gasteiger partial charge >= 0.3 is 0 Å². The van der Waals surface area contributed by atoms with Crippen molar-refractivity contribution in [1.82, 2.24) is 29.4 Å². The SMILES string of the molecule is CN1C=CN(c2ccc3c(c2)B2c4cc(-n5cccn5)ccc4Oc4c5c6c(c(c42)O3)Oc2ccc(N3C=CN(C)C3)cc2B6c2cc(-n3cccn3)ccc2O5)C1. The summed E-state index contributed by atoms with van der Waals surface area (Å²) in [6.07, 6.45) is 15.9. The summed E-state index contributed by atoms with van der Waals surface area (Å²) < 4.78 is 32.1. The molecule has 0 saturated carbocycles. The predicted molar refractivity (Wildman–Crippen MR) is 225 cm³/mol. The summed E-state index contributed by atoms with van der Waals surface area (Å²) in [6.45, 7) is 0.971. The number of ether oxygens (including phenoxy) is 4. The topological polar surface area (TPSA) is 85.5 Å². The molecule has 14 heteroatoms. The lowest BCUT2D eigenvalue weighted by atomic mass is 9.32. The largest absolute Gasteiger partial charge is 0.454 e. The number of fused-ring (bicyclic) bond motifs is 10. The molecule has 7 aromatic rings. The molecule has 0 bridgehead atoms. The highest BCUT2D eigenvalue weighted by Gasteiger charge is 2.51. The average Bonchev–Trinajstić information content (AvgIpc) is 4.11. The van der Waals surface area contributed by atoms with Crippen LogP contribution in [0.25, 0.3) is 11.4 Å². The van der Waals surface area contributed by atoms with Gasteiger partial charge in [-0.15, -0.1) is 0 Å². The van der Waals surface area contributed by atoms with Crippen molar-refractivity contribution in [2.45, 2.75) is 0 Å². The molecule has 0 saturated heterocycles. The quantitative estimate of drug-likeness (QED) is 0.247. The molecule has 6 aliphatic rings. The fourth-order valence-electron chi connectivity index (χ4n) is 9.32. The molecule has 0 aliphatic carbocycles. The number of benzene rings is 5. The predicted octanol–water partition coefficient (Wildman–Crippen LogP) is 3.87. The van der Waals surface area contributed by atoms with Gasteiger partial charge in [0.15, 0.2) is 23.0 Å².